The lowest BCUT2D eigenvalue weighted by Gasteiger charge is -2.13. The van der Waals surface area contributed by atoms with Crippen LogP contribution >= 0.6 is 0 Å². The minimum atomic E-state index is -0.0129. The van der Waals surface area contributed by atoms with Crippen LogP contribution in [0.25, 0.3) is 22.2 Å². The molecule has 3 rings (SSSR count). The van der Waals surface area contributed by atoms with Crippen LogP contribution in [0.3, 0.4) is 0 Å². The number of rotatable bonds is 1. The molecule has 0 aliphatic heterocycles. The molecule has 2 N–H and O–H groups in total. The fraction of sp³-hybridized carbons (Fsp3) is 0.235. The normalized spacial score (nSPS) is 11.1. The van der Waals surface area contributed by atoms with Crippen molar-refractivity contribution in [3.8, 4) is 11.1 Å². The first kappa shape index (κ1) is 14.3. The standard InChI is InChI=1S/C17H18N4O/c1-9-5-10(2)15(11(3)6-9)13-7-12(4)16-14(8-13)21(22)20-17(18)19-16/h5-8H,1-4H3,(H2,18,19,20). The lowest BCUT2D eigenvalue weighted by molar-refractivity contribution is -0.641. The van der Waals surface area contributed by atoms with Gasteiger partial charge in [-0.25, -0.2) is 4.98 Å². The van der Waals surface area contributed by atoms with E-state index in [-0.39, 0.29) is 5.95 Å². The zero-order chi connectivity index (χ0) is 16.0. The molecule has 1 aromatic heterocycles. The summed E-state index contributed by atoms with van der Waals surface area (Å²) < 4.78 is 0. The lowest BCUT2D eigenvalue weighted by Crippen LogP contribution is -2.33. The van der Waals surface area contributed by atoms with Gasteiger partial charge in [0.15, 0.2) is 0 Å². The largest absolute Gasteiger partial charge is 0.594 e. The molecule has 0 amide bonds. The van der Waals surface area contributed by atoms with E-state index in [9.17, 15) is 5.21 Å². The van der Waals surface area contributed by atoms with E-state index in [1.807, 2.05) is 19.1 Å². The lowest BCUT2D eigenvalue weighted by atomic mass is 9.92. The Morgan fingerprint density at radius 1 is 0.955 bits per heavy atom. The molecule has 0 saturated carbocycles. The minimum absolute atomic E-state index is 0.0129. The van der Waals surface area contributed by atoms with Gasteiger partial charge in [-0.2, -0.15) is 0 Å². The fourth-order valence-corrected chi connectivity index (χ4v) is 3.12. The highest BCUT2D eigenvalue weighted by Gasteiger charge is 2.16. The van der Waals surface area contributed by atoms with Crippen molar-refractivity contribution in [2.75, 3.05) is 5.73 Å². The number of nitrogens with two attached hydrogens (primary N) is 1. The number of hydrogen-bond acceptors (Lipinski definition) is 4. The van der Waals surface area contributed by atoms with Gasteiger partial charge < -0.3 is 10.9 Å². The molecule has 0 fully saturated rings. The van der Waals surface area contributed by atoms with E-state index >= 15 is 0 Å². The quantitative estimate of drug-likeness (QED) is 0.553. The smallest absolute Gasteiger partial charge is 0.288 e. The van der Waals surface area contributed by atoms with Crippen LogP contribution in [0.15, 0.2) is 24.3 Å². The van der Waals surface area contributed by atoms with Crippen molar-refractivity contribution in [3.05, 3.63) is 51.7 Å². The Hall–Kier alpha value is -2.69. The molecule has 0 saturated heterocycles. The Balaban J connectivity index is 2.34. The van der Waals surface area contributed by atoms with Gasteiger partial charge >= 0.3 is 0 Å². The van der Waals surface area contributed by atoms with Crippen molar-refractivity contribution in [2.45, 2.75) is 27.7 Å². The van der Waals surface area contributed by atoms with E-state index in [1.54, 1.807) is 0 Å². The summed E-state index contributed by atoms with van der Waals surface area (Å²) in [4.78, 5) is 4.72. The minimum Gasteiger partial charge on any atom is -0.594 e. The topological polar surface area (TPSA) is 78.7 Å². The molecule has 0 aliphatic rings. The van der Waals surface area contributed by atoms with E-state index in [4.69, 9.17) is 5.73 Å². The molecule has 22 heavy (non-hydrogen) atoms. The van der Waals surface area contributed by atoms with Gasteiger partial charge in [0.2, 0.25) is 0 Å². The Kier molecular flexibility index (Phi) is 3.20. The Bertz CT molecular complexity index is 880. The first-order chi connectivity index (χ1) is 10.4. The van der Waals surface area contributed by atoms with Crippen LogP contribution < -0.4 is 10.6 Å². The highest BCUT2D eigenvalue weighted by atomic mass is 16.5. The van der Waals surface area contributed by atoms with Crippen molar-refractivity contribution < 1.29 is 4.85 Å². The number of benzene rings is 2. The van der Waals surface area contributed by atoms with Gasteiger partial charge in [-0.05, 0) is 66.4 Å². The molecule has 0 spiro atoms. The third kappa shape index (κ3) is 2.24. The van der Waals surface area contributed by atoms with E-state index in [0.717, 1.165) is 16.7 Å². The molecule has 112 valence electrons. The predicted octanol–water partition coefficient (Wildman–Crippen LogP) is 2.75. The second-order valence-electron chi connectivity index (χ2n) is 5.78. The molecule has 5 heteroatoms. The van der Waals surface area contributed by atoms with Crippen molar-refractivity contribution in [2.24, 2.45) is 0 Å². The average Bonchev–Trinajstić information content (AvgIpc) is 2.39. The molecule has 5 nitrogen and oxygen atoms in total. The highest BCUT2D eigenvalue weighted by molar-refractivity contribution is 5.84. The monoisotopic (exact) mass is 294 g/mol. The Labute approximate surface area is 129 Å². The molecule has 1 heterocycles. The van der Waals surface area contributed by atoms with Crippen molar-refractivity contribution in [1.29, 1.82) is 0 Å². The van der Waals surface area contributed by atoms with Crippen LogP contribution in [0.2, 0.25) is 0 Å². The van der Waals surface area contributed by atoms with Crippen LogP contribution in [-0.2, 0) is 0 Å². The highest BCUT2D eigenvalue weighted by Crippen LogP contribution is 2.31. The zero-order valence-corrected chi connectivity index (χ0v) is 13.1. The van der Waals surface area contributed by atoms with Crippen molar-refractivity contribution in [3.63, 3.8) is 0 Å². The summed E-state index contributed by atoms with van der Waals surface area (Å²) in [7, 11) is 0. The summed E-state index contributed by atoms with van der Waals surface area (Å²) in [6.45, 7) is 8.17. The van der Waals surface area contributed by atoms with E-state index in [0.29, 0.717) is 15.9 Å². The van der Waals surface area contributed by atoms with Gasteiger partial charge in [-0.1, -0.05) is 17.7 Å². The number of aryl methyl sites for hydroxylation is 4. The molecular weight excluding hydrogens is 276 g/mol. The summed E-state index contributed by atoms with van der Waals surface area (Å²) in [6.07, 6.45) is 0. The number of anilines is 1. The summed E-state index contributed by atoms with van der Waals surface area (Å²) >= 11 is 0. The molecule has 0 aliphatic carbocycles. The first-order valence-electron chi connectivity index (χ1n) is 7.13. The molecule has 3 aromatic rings. The van der Waals surface area contributed by atoms with Crippen molar-refractivity contribution >= 4 is 17.0 Å². The second kappa shape index (κ2) is 4.94. The summed E-state index contributed by atoms with van der Waals surface area (Å²) in [5.41, 5.74) is 13.2. The van der Waals surface area contributed by atoms with Gasteiger partial charge in [0.1, 0.15) is 5.52 Å². The predicted molar refractivity (Wildman–Crippen MR) is 87.3 cm³/mol. The number of nitrogen functional groups attached to an aromatic ring is 1. The van der Waals surface area contributed by atoms with Gasteiger partial charge in [-0.15, -0.1) is 0 Å². The van der Waals surface area contributed by atoms with Crippen LogP contribution in [0.1, 0.15) is 22.3 Å². The molecular formula is C17H18N4O. The van der Waals surface area contributed by atoms with E-state index < -0.39 is 0 Å². The van der Waals surface area contributed by atoms with E-state index in [1.165, 1.54) is 16.7 Å². The third-order valence-electron chi connectivity index (χ3n) is 3.87. The second-order valence-corrected chi connectivity index (χ2v) is 5.78. The SMILES string of the molecule is Cc1cc(C)c(-c2cc(C)c3nc(N)n[n+]([O-])c3c2)c(C)c1. The molecule has 0 unspecified atom stereocenters. The van der Waals surface area contributed by atoms with Crippen LogP contribution in [0.4, 0.5) is 5.95 Å². The first-order valence-corrected chi connectivity index (χ1v) is 7.13. The van der Waals surface area contributed by atoms with Crippen LogP contribution in [0.5, 0.6) is 0 Å². The van der Waals surface area contributed by atoms with Crippen molar-refractivity contribution in [1.82, 2.24) is 10.1 Å². The Morgan fingerprint density at radius 2 is 1.59 bits per heavy atom. The molecule has 2 aromatic carbocycles. The molecule has 0 bridgehead atoms. The maximum Gasteiger partial charge on any atom is 0.288 e. The fourth-order valence-electron chi connectivity index (χ4n) is 3.12. The average molecular weight is 294 g/mol. The summed E-state index contributed by atoms with van der Waals surface area (Å²) in [5.74, 6) is -0.0129. The molecule has 0 radical (unpaired) electrons. The van der Waals surface area contributed by atoms with E-state index in [2.05, 4.69) is 43.0 Å². The van der Waals surface area contributed by atoms with Gasteiger partial charge in [-0.3, -0.25) is 0 Å². The third-order valence-corrected chi connectivity index (χ3v) is 3.87. The number of aromatic nitrogens is 3. The van der Waals surface area contributed by atoms with Crippen LogP contribution in [-0.4, -0.2) is 10.1 Å². The molecule has 0 atom stereocenters. The van der Waals surface area contributed by atoms with Gasteiger partial charge in [0.25, 0.3) is 11.5 Å². The van der Waals surface area contributed by atoms with Gasteiger partial charge in [0, 0.05) is 6.07 Å². The number of fused-ring (bicyclic) bond motifs is 1. The summed E-state index contributed by atoms with van der Waals surface area (Å²) in [6, 6.07) is 8.16. The zero-order valence-electron chi connectivity index (χ0n) is 13.1. The van der Waals surface area contributed by atoms with Gasteiger partial charge in [0.05, 0.1) is 5.10 Å². The maximum absolute atomic E-state index is 12.0. The summed E-state index contributed by atoms with van der Waals surface area (Å²) in [5, 5.41) is 15.7. The number of hydrogen-bond donors (Lipinski definition) is 1. The van der Waals surface area contributed by atoms with Crippen LogP contribution in [0, 0.1) is 32.9 Å². The maximum atomic E-state index is 12.0. The Morgan fingerprint density at radius 3 is 2.23 bits per heavy atom. The number of nitrogens with zero attached hydrogens (tertiary/aromatic N) is 3.